The van der Waals surface area contributed by atoms with Crippen molar-refractivity contribution in [3.63, 3.8) is 0 Å². The monoisotopic (exact) mass is 439 g/mol. The van der Waals surface area contributed by atoms with E-state index >= 15 is 0 Å². The number of rotatable bonds is 5. The molecule has 7 heteroatoms. The average molecular weight is 440 g/mol. The zero-order valence-electron chi connectivity index (χ0n) is 18.5. The molecule has 33 heavy (non-hydrogen) atoms. The van der Waals surface area contributed by atoms with Crippen LogP contribution in [0.4, 0.5) is 5.95 Å². The van der Waals surface area contributed by atoms with E-state index in [1.54, 1.807) is 13.4 Å². The Kier molecular flexibility index (Phi) is 4.94. The van der Waals surface area contributed by atoms with Crippen molar-refractivity contribution in [2.45, 2.75) is 38.1 Å². The van der Waals surface area contributed by atoms with Gasteiger partial charge in [0.1, 0.15) is 23.0 Å². The van der Waals surface area contributed by atoms with E-state index in [2.05, 4.69) is 20.9 Å². The minimum atomic E-state index is 0.431. The van der Waals surface area contributed by atoms with Crippen LogP contribution in [0.15, 0.2) is 65.4 Å². The van der Waals surface area contributed by atoms with E-state index in [0.717, 1.165) is 57.8 Å². The molecule has 0 spiro atoms. The maximum Gasteiger partial charge on any atom is 0.224 e. The number of fused-ring (bicyclic) bond motifs is 2. The maximum atomic E-state index is 5.53. The Morgan fingerprint density at radius 1 is 1.00 bits per heavy atom. The fourth-order valence-electron chi connectivity index (χ4n) is 4.69. The van der Waals surface area contributed by atoms with Crippen molar-refractivity contribution in [3.05, 3.63) is 61.0 Å². The minimum absolute atomic E-state index is 0.431. The van der Waals surface area contributed by atoms with Gasteiger partial charge in [-0.3, -0.25) is 4.57 Å². The Balaban J connectivity index is 1.49. The molecular weight excluding hydrogens is 414 g/mol. The molecule has 0 aliphatic heterocycles. The van der Waals surface area contributed by atoms with Crippen LogP contribution in [-0.2, 0) is 0 Å². The summed E-state index contributed by atoms with van der Waals surface area (Å²) in [5.41, 5.74) is 3.64. The van der Waals surface area contributed by atoms with Crippen molar-refractivity contribution < 1.29 is 9.15 Å². The predicted molar refractivity (Wildman–Crippen MR) is 129 cm³/mol. The Morgan fingerprint density at radius 3 is 2.79 bits per heavy atom. The van der Waals surface area contributed by atoms with Gasteiger partial charge in [-0.15, -0.1) is 0 Å². The molecule has 166 valence electrons. The molecule has 5 aromatic rings. The number of ether oxygens (including phenoxy) is 1. The molecule has 7 nitrogen and oxygen atoms in total. The number of furan rings is 1. The average Bonchev–Trinajstić information content (AvgIpc) is 3.48. The van der Waals surface area contributed by atoms with Gasteiger partial charge in [0.05, 0.1) is 24.4 Å². The van der Waals surface area contributed by atoms with Crippen molar-refractivity contribution in [1.29, 1.82) is 0 Å². The summed E-state index contributed by atoms with van der Waals surface area (Å²) in [6, 6.07) is 16.4. The second kappa shape index (κ2) is 8.24. The molecule has 1 N–H and O–H groups in total. The Bertz CT molecular complexity index is 1430. The van der Waals surface area contributed by atoms with Crippen molar-refractivity contribution in [2.75, 3.05) is 12.4 Å². The standard InChI is InChI=1S/C26H25N5O2/c1-32-20-8-9-22-21(16-20)29-25(18-7-10-23-17(15-18)12-14-33-23)31(22)24-11-13-27-26(30-24)28-19-5-3-2-4-6-19/h7-16,19H,2-6H2,1H3,(H,27,28,30). The Hall–Kier alpha value is -3.87. The van der Waals surface area contributed by atoms with E-state index in [9.17, 15) is 0 Å². The molecule has 0 saturated heterocycles. The van der Waals surface area contributed by atoms with Gasteiger partial charge in [-0.1, -0.05) is 19.3 Å². The number of nitrogens with one attached hydrogen (secondary N) is 1. The summed E-state index contributed by atoms with van der Waals surface area (Å²) < 4.78 is 13.1. The topological polar surface area (TPSA) is 78.0 Å². The summed E-state index contributed by atoms with van der Waals surface area (Å²) in [5, 5.41) is 4.57. The quantitative estimate of drug-likeness (QED) is 0.363. The lowest BCUT2D eigenvalue weighted by atomic mass is 9.96. The predicted octanol–water partition coefficient (Wildman–Crippen LogP) is 5.98. The molecule has 3 aromatic heterocycles. The van der Waals surface area contributed by atoms with Gasteiger partial charge in [-0.05, 0) is 55.3 Å². The molecule has 1 saturated carbocycles. The lowest BCUT2D eigenvalue weighted by molar-refractivity contribution is 0.415. The highest BCUT2D eigenvalue weighted by atomic mass is 16.5. The minimum Gasteiger partial charge on any atom is -0.497 e. The Morgan fingerprint density at radius 2 is 1.91 bits per heavy atom. The summed E-state index contributed by atoms with van der Waals surface area (Å²) in [7, 11) is 1.67. The molecule has 0 bridgehead atoms. The first-order valence-electron chi connectivity index (χ1n) is 11.4. The molecule has 1 aliphatic rings. The fraction of sp³-hybridized carbons (Fsp3) is 0.269. The summed E-state index contributed by atoms with van der Waals surface area (Å²) >= 11 is 0. The molecule has 0 amide bonds. The second-order valence-electron chi connectivity index (χ2n) is 8.52. The molecule has 0 radical (unpaired) electrons. The third kappa shape index (κ3) is 3.69. The smallest absolute Gasteiger partial charge is 0.224 e. The van der Waals surface area contributed by atoms with Crippen LogP contribution in [0.5, 0.6) is 5.75 Å². The lowest BCUT2D eigenvalue weighted by Gasteiger charge is -2.22. The van der Waals surface area contributed by atoms with Crippen LogP contribution >= 0.6 is 0 Å². The third-order valence-corrected chi connectivity index (χ3v) is 6.38. The number of imidazole rings is 1. The summed E-state index contributed by atoms with van der Waals surface area (Å²) in [5.74, 6) is 3.01. The number of anilines is 1. The van der Waals surface area contributed by atoms with Crippen LogP contribution in [0.2, 0.25) is 0 Å². The van der Waals surface area contributed by atoms with Gasteiger partial charge >= 0.3 is 0 Å². The third-order valence-electron chi connectivity index (χ3n) is 6.38. The van der Waals surface area contributed by atoms with E-state index in [1.807, 2.05) is 48.7 Å². The van der Waals surface area contributed by atoms with Crippen LogP contribution in [0.25, 0.3) is 39.2 Å². The van der Waals surface area contributed by atoms with Crippen LogP contribution in [-0.4, -0.2) is 32.7 Å². The van der Waals surface area contributed by atoms with E-state index in [1.165, 1.54) is 19.3 Å². The van der Waals surface area contributed by atoms with Gasteiger partial charge in [-0.2, -0.15) is 4.98 Å². The maximum absolute atomic E-state index is 5.53. The van der Waals surface area contributed by atoms with Crippen LogP contribution in [0.1, 0.15) is 32.1 Å². The SMILES string of the molecule is COc1ccc2c(c1)nc(-c1ccc3occc3c1)n2-c1ccnc(NC2CCCCC2)n1. The summed E-state index contributed by atoms with van der Waals surface area (Å²) in [4.78, 5) is 14.4. The molecule has 0 unspecified atom stereocenters. The van der Waals surface area contributed by atoms with Gasteiger partial charge in [-0.25, -0.2) is 9.97 Å². The number of aromatic nitrogens is 4. The normalized spacial score (nSPS) is 14.7. The van der Waals surface area contributed by atoms with Gasteiger partial charge in [0.2, 0.25) is 5.95 Å². The summed E-state index contributed by atoms with van der Waals surface area (Å²) in [6.45, 7) is 0. The second-order valence-corrected chi connectivity index (χ2v) is 8.52. The molecular formula is C26H25N5O2. The molecule has 2 aromatic carbocycles. The zero-order valence-corrected chi connectivity index (χ0v) is 18.5. The van der Waals surface area contributed by atoms with Gasteiger partial charge < -0.3 is 14.5 Å². The van der Waals surface area contributed by atoms with Crippen molar-refractivity contribution in [3.8, 4) is 23.0 Å². The molecule has 1 aliphatic carbocycles. The highest BCUT2D eigenvalue weighted by molar-refractivity contribution is 5.87. The van der Waals surface area contributed by atoms with Crippen molar-refractivity contribution >= 4 is 28.0 Å². The van der Waals surface area contributed by atoms with Crippen molar-refractivity contribution in [2.24, 2.45) is 0 Å². The van der Waals surface area contributed by atoms with Crippen LogP contribution < -0.4 is 10.1 Å². The van der Waals surface area contributed by atoms with E-state index in [0.29, 0.717) is 12.0 Å². The Labute approximate surface area is 191 Å². The molecule has 3 heterocycles. The summed E-state index contributed by atoms with van der Waals surface area (Å²) in [6.07, 6.45) is 9.67. The first kappa shape index (κ1) is 19.8. The first-order chi connectivity index (χ1) is 16.3. The molecule has 0 atom stereocenters. The number of hydrogen-bond donors (Lipinski definition) is 1. The number of nitrogens with zero attached hydrogens (tertiary/aromatic N) is 4. The lowest BCUT2D eigenvalue weighted by Crippen LogP contribution is -2.23. The largest absolute Gasteiger partial charge is 0.497 e. The molecule has 1 fully saturated rings. The van der Waals surface area contributed by atoms with Crippen molar-refractivity contribution in [1.82, 2.24) is 19.5 Å². The van der Waals surface area contributed by atoms with Crippen LogP contribution in [0, 0.1) is 0 Å². The number of hydrogen-bond acceptors (Lipinski definition) is 6. The number of methoxy groups -OCH3 is 1. The first-order valence-corrected chi connectivity index (χ1v) is 11.4. The van der Waals surface area contributed by atoms with Gasteiger partial charge in [0, 0.05) is 29.3 Å². The molecule has 6 rings (SSSR count). The van der Waals surface area contributed by atoms with E-state index in [4.69, 9.17) is 19.1 Å². The zero-order chi connectivity index (χ0) is 22.2. The highest BCUT2D eigenvalue weighted by Gasteiger charge is 2.19. The van der Waals surface area contributed by atoms with Crippen LogP contribution in [0.3, 0.4) is 0 Å². The highest BCUT2D eigenvalue weighted by Crippen LogP contribution is 2.32. The van der Waals surface area contributed by atoms with Gasteiger partial charge in [0.15, 0.2) is 0 Å². The fourth-order valence-corrected chi connectivity index (χ4v) is 4.69. The van der Waals surface area contributed by atoms with Gasteiger partial charge in [0.25, 0.3) is 0 Å². The number of benzene rings is 2. The van der Waals surface area contributed by atoms with E-state index in [-0.39, 0.29) is 0 Å². The van der Waals surface area contributed by atoms with E-state index < -0.39 is 0 Å².